The van der Waals surface area contributed by atoms with Crippen molar-refractivity contribution in [2.75, 3.05) is 31.5 Å². The van der Waals surface area contributed by atoms with Gasteiger partial charge in [-0.1, -0.05) is 18.2 Å². The lowest BCUT2D eigenvalue weighted by Gasteiger charge is -2.29. The minimum absolute atomic E-state index is 0.0509. The smallest absolute Gasteiger partial charge is 0.251 e. The van der Waals surface area contributed by atoms with Gasteiger partial charge in [-0.2, -0.15) is 14.6 Å². The molecular weight excluding hydrogens is 511 g/mol. The molecule has 0 atom stereocenters. The molecule has 2 aromatic heterocycles. The number of anilines is 1. The van der Waals surface area contributed by atoms with E-state index in [1.165, 1.54) is 12.1 Å². The number of piperidine rings is 1. The van der Waals surface area contributed by atoms with Crippen LogP contribution < -0.4 is 15.4 Å². The number of carbonyl (C=O) groups excluding carboxylic acids is 1. The molecule has 0 bridgehead atoms. The van der Waals surface area contributed by atoms with Gasteiger partial charge in [-0.25, -0.2) is 4.39 Å². The van der Waals surface area contributed by atoms with E-state index in [0.29, 0.717) is 41.2 Å². The average Bonchev–Trinajstić information content (AvgIpc) is 3.64. The summed E-state index contributed by atoms with van der Waals surface area (Å²) in [4.78, 5) is 19.7. The van der Waals surface area contributed by atoms with Crippen molar-refractivity contribution in [2.24, 2.45) is 0 Å². The van der Waals surface area contributed by atoms with E-state index in [4.69, 9.17) is 9.72 Å². The van der Waals surface area contributed by atoms with Crippen LogP contribution in [0.3, 0.4) is 0 Å². The highest BCUT2D eigenvalue weighted by atomic mass is 19.1. The standard InChI is InChI=1S/C30H33FN6O3/c1-19-15-20(5-8-25(19)30(39)34-22-6-7-22)26-18-33-37-27(32-11-14-36-12-9-23(38)10-13-36)17-28(35-29(26)37)40-24-4-2-3-21(31)16-24/h2-5,8,15-18,22-23,32,38H,6-7,9-14H2,1H3,(H,34,39). The molecule has 2 aliphatic rings. The molecule has 2 fully saturated rings. The number of aliphatic hydroxyl groups is 1. The Morgan fingerprint density at radius 1 is 1.12 bits per heavy atom. The summed E-state index contributed by atoms with van der Waals surface area (Å²) in [7, 11) is 0. The highest BCUT2D eigenvalue weighted by Gasteiger charge is 2.25. The van der Waals surface area contributed by atoms with Gasteiger partial charge in [-0.3, -0.25) is 4.79 Å². The predicted molar refractivity (Wildman–Crippen MR) is 150 cm³/mol. The van der Waals surface area contributed by atoms with Crippen LogP contribution in [0.4, 0.5) is 10.2 Å². The fourth-order valence-corrected chi connectivity index (χ4v) is 5.04. The van der Waals surface area contributed by atoms with E-state index in [0.717, 1.165) is 62.0 Å². The number of likely N-dealkylation sites (tertiary alicyclic amines) is 1. The number of nitrogens with one attached hydrogen (secondary N) is 2. The Bertz CT molecular complexity index is 1530. The molecule has 1 amide bonds. The average molecular weight is 545 g/mol. The summed E-state index contributed by atoms with van der Waals surface area (Å²) in [5.41, 5.74) is 3.76. The number of carbonyl (C=O) groups is 1. The van der Waals surface area contributed by atoms with Gasteiger partial charge < -0.3 is 25.4 Å². The van der Waals surface area contributed by atoms with E-state index in [-0.39, 0.29) is 12.0 Å². The van der Waals surface area contributed by atoms with Gasteiger partial charge in [0.1, 0.15) is 17.4 Å². The fraction of sp³-hybridized carbons (Fsp3) is 0.367. The van der Waals surface area contributed by atoms with Gasteiger partial charge in [0.05, 0.1) is 12.3 Å². The molecule has 1 saturated heterocycles. The number of hydrogen-bond donors (Lipinski definition) is 3. The topological polar surface area (TPSA) is 104 Å². The second-order valence-electron chi connectivity index (χ2n) is 10.6. The number of rotatable bonds is 9. The largest absolute Gasteiger partial charge is 0.439 e. The minimum atomic E-state index is -0.394. The van der Waals surface area contributed by atoms with Gasteiger partial charge in [0, 0.05) is 55.5 Å². The third-order valence-electron chi connectivity index (χ3n) is 7.45. The second kappa shape index (κ2) is 11.2. The van der Waals surface area contributed by atoms with Crippen LogP contribution in [0.2, 0.25) is 0 Å². The van der Waals surface area contributed by atoms with E-state index < -0.39 is 5.82 Å². The Labute approximate surface area is 232 Å². The lowest BCUT2D eigenvalue weighted by Crippen LogP contribution is -2.38. The molecule has 40 heavy (non-hydrogen) atoms. The van der Waals surface area contributed by atoms with Crippen molar-refractivity contribution in [3.05, 3.63) is 71.7 Å². The highest BCUT2D eigenvalue weighted by molar-refractivity contribution is 5.97. The number of amides is 1. The van der Waals surface area contributed by atoms with Crippen molar-refractivity contribution < 1.29 is 19.0 Å². The van der Waals surface area contributed by atoms with Crippen LogP contribution in [0.25, 0.3) is 16.8 Å². The van der Waals surface area contributed by atoms with Crippen molar-refractivity contribution in [1.29, 1.82) is 0 Å². The monoisotopic (exact) mass is 544 g/mol. The van der Waals surface area contributed by atoms with Crippen molar-refractivity contribution in [1.82, 2.24) is 24.8 Å². The molecule has 208 valence electrons. The number of nitrogens with zero attached hydrogens (tertiary/aromatic N) is 4. The Balaban J connectivity index is 1.30. The number of aromatic nitrogens is 3. The van der Waals surface area contributed by atoms with Crippen molar-refractivity contribution in [3.8, 4) is 22.8 Å². The zero-order chi connectivity index (χ0) is 27.6. The Morgan fingerprint density at radius 2 is 1.95 bits per heavy atom. The van der Waals surface area contributed by atoms with Crippen LogP contribution in [0.15, 0.2) is 54.7 Å². The first-order valence-corrected chi connectivity index (χ1v) is 13.8. The maximum absolute atomic E-state index is 13.8. The van der Waals surface area contributed by atoms with Crippen LogP contribution in [0.1, 0.15) is 41.6 Å². The summed E-state index contributed by atoms with van der Waals surface area (Å²) in [5.74, 6) is 0.898. The molecule has 3 heterocycles. The number of ether oxygens (including phenoxy) is 1. The first-order valence-electron chi connectivity index (χ1n) is 13.8. The van der Waals surface area contributed by atoms with E-state index >= 15 is 0 Å². The van der Waals surface area contributed by atoms with Crippen molar-refractivity contribution in [2.45, 2.75) is 44.8 Å². The Morgan fingerprint density at radius 3 is 2.70 bits per heavy atom. The molecule has 6 rings (SSSR count). The molecular formula is C30H33FN6O3. The molecule has 0 unspecified atom stereocenters. The summed E-state index contributed by atoms with van der Waals surface area (Å²) >= 11 is 0. The normalized spacial score (nSPS) is 16.3. The molecule has 1 aliphatic heterocycles. The lowest BCUT2D eigenvalue weighted by atomic mass is 10.0. The maximum atomic E-state index is 13.8. The molecule has 2 aromatic carbocycles. The number of halogens is 1. The molecule has 1 saturated carbocycles. The van der Waals surface area contributed by atoms with Crippen LogP contribution in [-0.2, 0) is 0 Å². The first kappa shape index (κ1) is 26.2. The maximum Gasteiger partial charge on any atom is 0.251 e. The predicted octanol–water partition coefficient (Wildman–Crippen LogP) is 4.40. The molecule has 9 nitrogen and oxygen atoms in total. The second-order valence-corrected chi connectivity index (χ2v) is 10.6. The number of hydrogen-bond acceptors (Lipinski definition) is 7. The van der Waals surface area contributed by atoms with Crippen LogP contribution in [0, 0.1) is 12.7 Å². The SMILES string of the molecule is Cc1cc(-c2cnn3c(NCCN4CCC(O)CC4)cc(Oc4cccc(F)c4)nc23)ccc1C(=O)NC1CC1. The molecule has 0 spiro atoms. The van der Waals surface area contributed by atoms with E-state index in [1.54, 1.807) is 28.9 Å². The summed E-state index contributed by atoms with van der Waals surface area (Å²) in [5, 5.41) is 20.9. The summed E-state index contributed by atoms with van der Waals surface area (Å²) < 4.78 is 21.5. The molecule has 10 heteroatoms. The molecule has 1 aliphatic carbocycles. The van der Waals surface area contributed by atoms with Gasteiger partial charge >= 0.3 is 0 Å². The van der Waals surface area contributed by atoms with Gasteiger partial charge in [-0.15, -0.1) is 0 Å². The molecule has 4 aromatic rings. The molecule has 3 N–H and O–H groups in total. The number of benzene rings is 2. The van der Waals surface area contributed by atoms with E-state index in [1.807, 2.05) is 25.1 Å². The number of aliphatic hydroxyl groups excluding tert-OH is 1. The number of aryl methyl sites for hydroxylation is 1. The van der Waals surface area contributed by atoms with Crippen LogP contribution >= 0.6 is 0 Å². The summed E-state index contributed by atoms with van der Waals surface area (Å²) in [6.45, 7) is 5.13. The van der Waals surface area contributed by atoms with Gasteiger partial charge in [0.25, 0.3) is 5.91 Å². The van der Waals surface area contributed by atoms with Crippen molar-refractivity contribution in [3.63, 3.8) is 0 Å². The third kappa shape index (κ3) is 5.93. The number of fused-ring (bicyclic) bond motifs is 1. The zero-order valence-corrected chi connectivity index (χ0v) is 22.4. The Kier molecular flexibility index (Phi) is 7.36. The first-order chi connectivity index (χ1) is 19.4. The lowest BCUT2D eigenvalue weighted by molar-refractivity contribution is 0.0845. The van der Waals surface area contributed by atoms with Gasteiger partial charge in [0.15, 0.2) is 5.65 Å². The minimum Gasteiger partial charge on any atom is -0.439 e. The quantitative estimate of drug-likeness (QED) is 0.287. The fourth-order valence-electron chi connectivity index (χ4n) is 5.04. The summed E-state index contributed by atoms with van der Waals surface area (Å²) in [6, 6.07) is 13.7. The zero-order valence-electron chi connectivity index (χ0n) is 22.4. The van der Waals surface area contributed by atoms with Gasteiger partial charge in [-0.05, 0) is 61.9 Å². The summed E-state index contributed by atoms with van der Waals surface area (Å²) in [6.07, 6.45) is 5.19. The van der Waals surface area contributed by atoms with Crippen molar-refractivity contribution >= 4 is 17.4 Å². The van der Waals surface area contributed by atoms with E-state index in [2.05, 4.69) is 20.6 Å². The van der Waals surface area contributed by atoms with Gasteiger partial charge in [0.2, 0.25) is 5.88 Å². The molecule has 0 radical (unpaired) electrons. The Hall–Kier alpha value is -4.02. The van der Waals surface area contributed by atoms with Crippen LogP contribution in [0.5, 0.6) is 11.6 Å². The highest BCUT2D eigenvalue weighted by Crippen LogP contribution is 2.31. The third-order valence-corrected chi connectivity index (χ3v) is 7.45. The van der Waals surface area contributed by atoms with E-state index in [9.17, 15) is 14.3 Å². The van der Waals surface area contributed by atoms with Crippen LogP contribution in [-0.4, -0.2) is 68.8 Å².